The third kappa shape index (κ3) is 4.41. The van der Waals surface area contributed by atoms with Crippen molar-refractivity contribution in [2.75, 3.05) is 17.2 Å². The minimum Gasteiger partial charge on any atom is -0.507 e. The molecule has 3 aromatic rings. The van der Waals surface area contributed by atoms with Gasteiger partial charge in [0.05, 0.1) is 11.3 Å². The molecule has 2 aromatic heterocycles. The molecule has 4 rings (SSSR count). The molecule has 184 valence electrons. The normalized spacial score (nSPS) is 17.4. The number of phenols is 1. The quantitative estimate of drug-likeness (QED) is 0.489. The Morgan fingerprint density at radius 1 is 1.20 bits per heavy atom. The Labute approximate surface area is 205 Å². The largest absolute Gasteiger partial charge is 0.507 e. The Morgan fingerprint density at radius 2 is 1.94 bits per heavy atom. The third-order valence-electron chi connectivity index (χ3n) is 6.89. The van der Waals surface area contributed by atoms with Crippen LogP contribution in [0.1, 0.15) is 43.1 Å². The second-order valence-electron chi connectivity index (χ2n) is 9.36. The SMILES string of the molecule is Cc1cccc(-c2ccc(C(=O)NS(=O)(=O)c3cccnc3N)c(N3CCC(C)C3(C)C)n2)c1O. The molecule has 1 aliphatic rings. The molecule has 0 spiro atoms. The summed E-state index contributed by atoms with van der Waals surface area (Å²) >= 11 is 0. The van der Waals surface area contributed by atoms with E-state index < -0.39 is 15.9 Å². The van der Waals surface area contributed by atoms with Gasteiger partial charge in [-0.15, -0.1) is 0 Å². The number of sulfonamides is 1. The molecule has 1 saturated heterocycles. The van der Waals surface area contributed by atoms with Crippen LogP contribution in [0.4, 0.5) is 11.6 Å². The van der Waals surface area contributed by atoms with Gasteiger partial charge >= 0.3 is 0 Å². The zero-order chi connectivity index (χ0) is 25.5. The van der Waals surface area contributed by atoms with Gasteiger partial charge in [-0.3, -0.25) is 4.79 Å². The van der Waals surface area contributed by atoms with Crippen LogP contribution in [-0.4, -0.2) is 41.5 Å². The van der Waals surface area contributed by atoms with Gasteiger partial charge in [0.1, 0.15) is 22.3 Å². The zero-order valence-corrected chi connectivity index (χ0v) is 20.9. The average molecular weight is 496 g/mol. The highest BCUT2D eigenvalue weighted by Crippen LogP contribution is 2.40. The maximum atomic E-state index is 13.3. The minimum atomic E-state index is -4.27. The summed E-state index contributed by atoms with van der Waals surface area (Å²) in [6, 6.07) is 11.2. The summed E-state index contributed by atoms with van der Waals surface area (Å²) in [6.45, 7) is 8.70. The van der Waals surface area contributed by atoms with E-state index in [9.17, 15) is 18.3 Å². The monoisotopic (exact) mass is 495 g/mol. The van der Waals surface area contributed by atoms with Crippen molar-refractivity contribution in [2.24, 2.45) is 5.92 Å². The van der Waals surface area contributed by atoms with Crippen LogP contribution < -0.4 is 15.4 Å². The number of hydrogen-bond donors (Lipinski definition) is 3. The van der Waals surface area contributed by atoms with Crippen molar-refractivity contribution in [1.82, 2.24) is 14.7 Å². The van der Waals surface area contributed by atoms with Gasteiger partial charge in [0, 0.05) is 23.8 Å². The van der Waals surface area contributed by atoms with Crippen LogP contribution in [0, 0.1) is 12.8 Å². The third-order valence-corrected chi connectivity index (χ3v) is 8.27. The Bertz CT molecular complexity index is 1400. The van der Waals surface area contributed by atoms with E-state index in [4.69, 9.17) is 10.7 Å². The topological polar surface area (TPSA) is 139 Å². The van der Waals surface area contributed by atoms with Crippen LogP contribution in [-0.2, 0) is 10.0 Å². The van der Waals surface area contributed by atoms with E-state index in [2.05, 4.69) is 30.5 Å². The van der Waals surface area contributed by atoms with E-state index in [1.54, 1.807) is 25.1 Å². The fourth-order valence-electron chi connectivity index (χ4n) is 4.32. The van der Waals surface area contributed by atoms with Gasteiger partial charge in [-0.05, 0) is 69.0 Å². The van der Waals surface area contributed by atoms with E-state index >= 15 is 0 Å². The van der Waals surface area contributed by atoms with E-state index in [0.29, 0.717) is 35.1 Å². The maximum Gasteiger partial charge on any atom is 0.268 e. The lowest BCUT2D eigenvalue weighted by Gasteiger charge is -2.36. The number of nitrogens with one attached hydrogen (secondary N) is 1. The van der Waals surface area contributed by atoms with Crippen molar-refractivity contribution in [1.29, 1.82) is 0 Å². The van der Waals surface area contributed by atoms with Crippen molar-refractivity contribution in [3.05, 3.63) is 59.8 Å². The molecule has 0 saturated carbocycles. The zero-order valence-electron chi connectivity index (χ0n) is 20.1. The Hall–Kier alpha value is -3.66. The van der Waals surface area contributed by atoms with Gasteiger partial charge in [-0.25, -0.2) is 23.1 Å². The van der Waals surface area contributed by atoms with Crippen molar-refractivity contribution in [3.8, 4) is 17.0 Å². The molecule has 1 unspecified atom stereocenters. The molecular formula is C25H29N5O4S. The van der Waals surface area contributed by atoms with Gasteiger partial charge < -0.3 is 15.7 Å². The molecule has 1 aliphatic heterocycles. The van der Waals surface area contributed by atoms with Crippen LogP contribution in [0.15, 0.2) is 53.6 Å². The van der Waals surface area contributed by atoms with Gasteiger partial charge in [-0.2, -0.15) is 0 Å². The highest BCUT2D eigenvalue weighted by atomic mass is 32.2. The number of anilines is 2. The summed E-state index contributed by atoms with van der Waals surface area (Å²) in [5.74, 6) is -0.261. The summed E-state index contributed by atoms with van der Waals surface area (Å²) in [7, 11) is -4.27. The number of nitrogen functional groups attached to an aromatic ring is 1. The van der Waals surface area contributed by atoms with E-state index in [1.165, 1.54) is 24.4 Å². The van der Waals surface area contributed by atoms with Crippen molar-refractivity contribution >= 4 is 27.6 Å². The molecule has 4 N–H and O–H groups in total. The number of aryl methyl sites for hydroxylation is 1. The molecule has 3 heterocycles. The summed E-state index contributed by atoms with van der Waals surface area (Å²) < 4.78 is 27.9. The van der Waals surface area contributed by atoms with Crippen molar-refractivity contribution in [2.45, 2.75) is 44.6 Å². The molecule has 1 amide bonds. The Balaban J connectivity index is 1.81. The maximum absolute atomic E-state index is 13.3. The smallest absolute Gasteiger partial charge is 0.268 e. The van der Waals surface area contributed by atoms with Crippen LogP contribution in [0.2, 0.25) is 0 Å². The van der Waals surface area contributed by atoms with Gasteiger partial charge in [0.2, 0.25) is 0 Å². The molecule has 10 heteroatoms. The van der Waals surface area contributed by atoms with Gasteiger partial charge in [-0.1, -0.05) is 19.1 Å². The molecule has 35 heavy (non-hydrogen) atoms. The Morgan fingerprint density at radius 3 is 2.60 bits per heavy atom. The highest BCUT2D eigenvalue weighted by molar-refractivity contribution is 7.90. The summed E-state index contributed by atoms with van der Waals surface area (Å²) in [5, 5.41) is 10.6. The van der Waals surface area contributed by atoms with E-state index in [0.717, 1.165) is 6.42 Å². The lowest BCUT2D eigenvalue weighted by Crippen LogP contribution is -2.43. The van der Waals surface area contributed by atoms with Crippen LogP contribution in [0.3, 0.4) is 0 Å². The van der Waals surface area contributed by atoms with Gasteiger partial charge in [0.25, 0.3) is 15.9 Å². The van der Waals surface area contributed by atoms with Crippen molar-refractivity contribution < 1.29 is 18.3 Å². The fraction of sp³-hybridized carbons (Fsp3) is 0.320. The number of phenolic OH excluding ortho intramolecular Hbond substituents is 1. The lowest BCUT2D eigenvalue weighted by molar-refractivity contribution is 0.0981. The Kier molecular flexibility index (Phi) is 6.18. The number of pyridine rings is 2. The van der Waals surface area contributed by atoms with Gasteiger partial charge in [0.15, 0.2) is 0 Å². The summed E-state index contributed by atoms with van der Waals surface area (Å²) in [4.78, 5) is 23.6. The number of para-hydroxylation sites is 1. The standard InChI is InChI=1S/C25H29N5O4S/c1-15-7-5-8-17(21(15)31)19-11-10-18(23(28-19)30-14-12-16(2)25(30,3)4)24(32)29-35(33,34)20-9-6-13-27-22(20)26/h5-11,13,16,31H,12,14H2,1-4H3,(H2,26,27)(H,29,32). The number of carbonyl (C=O) groups is 1. The number of benzene rings is 1. The van der Waals surface area contributed by atoms with Crippen LogP contribution in [0.25, 0.3) is 11.3 Å². The first-order valence-electron chi connectivity index (χ1n) is 11.3. The summed E-state index contributed by atoms with van der Waals surface area (Å²) in [5.41, 5.74) is 7.20. The number of nitrogens with two attached hydrogens (primary N) is 1. The van der Waals surface area contributed by atoms with Crippen LogP contribution in [0.5, 0.6) is 5.75 Å². The molecule has 1 aromatic carbocycles. The number of hydrogen-bond acceptors (Lipinski definition) is 8. The average Bonchev–Trinajstić information content (AvgIpc) is 3.07. The highest BCUT2D eigenvalue weighted by Gasteiger charge is 2.41. The number of carbonyl (C=O) groups excluding carboxylic acids is 1. The number of aromatic nitrogens is 2. The lowest BCUT2D eigenvalue weighted by atomic mass is 9.90. The van der Waals surface area contributed by atoms with Crippen LogP contribution >= 0.6 is 0 Å². The number of nitrogens with zero attached hydrogens (tertiary/aromatic N) is 3. The van der Waals surface area contributed by atoms with E-state index in [1.807, 2.05) is 11.0 Å². The second kappa shape index (κ2) is 8.84. The fourth-order valence-corrected chi connectivity index (χ4v) is 5.37. The second-order valence-corrected chi connectivity index (χ2v) is 11.0. The number of aromatic hydroxyl groups is 1. The molecule has 9 nitrogen and oxygen atoms in total. The predicted molar refractivity (Wildman–Crippen MR) is 135 cm³/mol. The first kappa shape index (κ1) is 24.5. The van der Waals surface area contributed by atoms with Crippen molar-refractivity contribution in [3.63, 3.8) is 0 Å². The molecule has 0 bridgehead atoms. The number of rotatable bonds is 5. The summed E-state index contributed by atoms with van der Waals surface area (Å²) in [6.07, 6.45) is 2.26. The number of amides is 1. The molecule has 0 aliphatic carbocycles. The van der Waals surface area contributed by atoms with E-state index in [-0.39, 0.29) is 27.6 Å². The minimum absolute atomic E-state index is 0.104. The molecule has 1 fully saturated rings. The first-order valence-corrected chi connectivity index (χ1v) is 12.8. The molecule has 1 atom stereocenters. The molecular weight excluding hydrogens is 466 g/mol. The first-order chi connectivity index (χ1) is 16.4. The predicted octanol–water partition coefficient (Wildman–Crippen LogP) is 3.48. The molecule has 0 radical (unpaired) electrons.